The third kappa shape index (κ3) is 4.23. The van der Waals surface area contributed by atoms with Crippen LogP contribution in [0.1, 0.15) is 25.3 Å². The monoisotopic (exact) mass is 283 g/mol. The standard InChI is InChI=1S/C18H21NO2/c1-2-20-16-9-11-18(12-10-16)21-17-7-3-14(4-8-17)13-19-15-5-6-15/h3-4,7-12,15,19H,2,5-6,13H2,1H3. The second kappa shape index (κ2) is 6.64. The maximum atomic E-state index is 5.83. The number of ether oxygens (including phenoxy) is 2. The molecule has 2 aromatic carbocycles. The van der Waals surface area contributed by atoms with Gasteiger partial charge in [0.15, 0.2) is 0 Å². The largest absolute Gasteiger partial charge is 0.494 e. The van der Waals surface area contributed by atoms with Gasteiger partial charge in [-0.1, -0.05) is 12.1 Å². The quantitative estimate of drug-likeness (QED) is 0.828. The smallest absolute Gasteiger partial charge is 0.127 e. The average molecular weight is 283 g/mol. The van der Waals surface area contributed by atoms with Crippen LogP contribution in [0.15, 0.2) is 48.5 Å². The zero-order valence-corrected chi connectivity index (χ0v) is 12.3. The summed E-state index contributed by atoms with van der Waals surface area (Å²) in [7, 11) is 0. The number of hydrogen-bond acceptors (Lipinski definition) is 3. The Balaban J connectivity index is 1.56. The second-order valence-corrected chi connectivity index (χ2v) is 5.31. The lowest BCUT2D eigenvalue weighted by molar-refractivity contribution is 0.339. The minimum absolute atomic E-state index is 0.677. The molecule has 0 aliphatic heterocycles. The van der Waals surface area contributed by atoms with Crippen LogP contribution in [0.5, 0.6) is 17.2 Å². The third-order valence-electron chi connectivity index (χ3n) is 3.47. The Labute approximate surface area is 125 Å². The number of benzene rings is 2. The van der Waals surface area contributed by atoms with Gasteiger partial charge in [-0.15, -0.1) is 0 Å². The molecule has 1 saturated carbocycles. The normalized spacial score (nSPS) is 14.0. The van der Waals surface area contributed by atoms with Gasteiger partial charge < -0.3 is 14.8 Å². The van der Waals surface area contributed by atoms with Gasteiger partial charge in [0, 0.05) is 12.6 Å². The first-order chi connectivity index (χ1) is 10.3. The average Bonchev–Trinajstić information content (AvgIpc) is 3.33. The fraction of sp³-hybridized carbons (Fsp3) is 0.333. The van der Waals surface area contributed by atoms with E-state index in [2.05, 4.69) is 17.4 Å². The summed E-state index contributed by atoms with van der Waals surface area (Å²) in [5.41, 5.74) is 1.29. The molecule has 1 fully saturated rings. The molecule has 0 aromatic heterocycles. The Bertz CT molecular complexity index is 559. The molecule has 1 N–H and O–H groups in total. The summed E-state index contributed by atoms with van der Waals surface area (Å²) < 4.78 is 11.2. The maximum absolute atomic E-state index is 5.83. The van der Waals surface area contributed by atoms with Crippen molar-refractivity contribution in [3.05, 3.63) is 54.1 Å². The van der Waals surface area contributed by atoms with Crippen LogP contribution in [0, 0.1) is 0 Å². The molecule has 3 rings (SSSR count). The summed E-state index contributed by atoms with van der Waals surface area (Å²) in [5, 5.41) is 3.51. The Morgan fingerprint density at radius 3 is 2.05 bits per heavy atom. The molecule has 0 atom stereocenters. The lowest BCUT2D eigenvalue weighted by atomic mass is 10.2. The molecule has 0 amide bonds. The van der Waals surface area contributed by atoms with Gasteiger partial charge in [-0.25, -0.2) is 0 Å². The number of nitrogens with one attached hydrogen (secondary N) is 1. The Hall–Kier alpha value is -2.00. The van der Waals surface area contributed by atoms with Crippen LogP contribution in [0.2, 0.25) is 0 Å². The van der Waals surface area contributed by atoms with E-state index in [1.54, 1.807) is 0 Å². The van der Waals surface area contributed by atoms with Crippen LogP contribution >= 0.6 is 0 Å². The summed E-state index contributed by atoms with van der Waals surface area (Å²) in [4.78, 5) is 0. The number of hydrogen-bond donors (Lipinski definition) is 1. The van der Waals surface area contributed by atoms with E-state index in [0.717, 1.165) is 29.8 Å². The Morgan fingerprint density at radius 2 is 1.48 bits per heavy atom. The van der Waals surface area contributed by atoms with Gasteiger partial charge in [-0.2, -0.15) is 0 Å². The molecule has 0 saturated heterocycles. The molecule has 0 bridgehead atoms. The fourth-order valence-corrected chi connectivity index (χ4v) is 2.13. The van der Waals surface area contributed by atoms with Gasteiger partial charge >= 0.3 is 0 Å². The van der Waals surface area contributed by atoms with Gasteiger partial charge in [-0.05, 0) is 61.7 Å². The fourth-order valence-electron chi connectivity index (χ4n) is 2.13. The van der Waals surface area contributed by atoms with Crippen molar-refractivity contribution in [2.45, 2.75) is 32.4 Å². The van der Waals surface area contributed by atoms with Crippen molar-refractivity contribution in [2.75, 3.05) is 6.61 Å². The molecule has 0 spiro atoms. The van der Waals surface area contributed by atoms with E-state index in [1.165, 1.54) is 18.4 Å². The van der Waals surface area contributed by atoms with Gasteiger partial charge in [0.2, 0.25) is 0 Å². The maximum Gasteiger partial charge on any atom is 0.127 e. The zero-order chi connectivity index (χ0) is 14.5. The van der Waals surface area contributed by atoms with Crippen LogP contribution in [0.3, 0.4) is 0 Å². The predicted octanol–water partition coefficient (Wildman–Crippen LogP) is 4.13. The van der Waals surface area contributed by atoms with Crippen molar-refractivity contribution in [1.82, 2.24) is 5.32 Å². The van der Waals surface area contributed by atoms with Crippen molar-refractivity contribution in [3.8, 4) is 17.2 Å². The second-order valence-electron chi connectivity index (χ2n) is 5.31. The first-order valence-electron chi connectivity index (χ1n) is 7.56. The third-order valence-corrected chi connectivity index (χ3v) is 3.47. The zero-order valence-electron chi connectivity index (χ0n) is 12.3. The van der Waals surface area contributed by atoms with E-state index in [-0.39, 0.29) is 0 Å². The predicted molar refractivity (Wildman–Crippen MR) is 84.0 cm³/mol. The van der Waals surface area contributed by atoms with Crippen LogP contribution in [-0.2, 0) is 6.54 Å². The molecule has 1 aliphatic carbocycles. The molecular formula is C18H21NO2. The van der Waals surface area contributed by atoms with E-state index in [1.807, 2.05) is 43.3 Å². The van der Waals surface area contributed by atoms with E-state index in [9.17, 15) is 0 Å². The molecule has 110 valence electrons. The SMILES string of the molecule is CCOc1ccc(Oc2ccc(CNC3CC3)cc2)cc1. The topological polar surface area (TPSA) is 30.5 Å². The van der Waals surface area contributed by atoms with E-state index in [0.29, 0.717) is 6.61 Å². The lowest BCUT2D eigenvalue weighted by Crippen LogP contribution is -2.14. The highest BCUT2D eigenvalue weighted by Crippen LogP contribution is 2.24. The molecule has 1 aliphatic rings. The van der Waals surface area contributed by atoms with Gasteiger partial charge in [0.05, 0.1) is 6.61 Å². The lowest BCUT2D eigenvalue weighted by Gasteiger charge is -2.08. The first kappa shape index (κ1) is 14.0. The van der Waals surface area contributed by atoms with Crippen LogP contribution in [-0.4, -0.2) is 12.6 Å². The van der Waals surface area contributed by atoms with Crippen molar-refractivity contribution >= 4 is 0 Å². The minimum atomic E-state index is 0.677. The summed E-state index contributed by atoms with van der Waals surface area (Å²) in [6, 6.07) is 16.7. The van der Waals surface area contributed by atoms with Crippen molar-refractivity contribution < 1.29 is 9.47 Å². The van der Waals surface area contributed by atoms with E-state index in [4.69, 9.17) is 9.47 Å². The van der Waals surface area contributed by atoms with Gasteiger partial charge in [0.25, 0.3) is 0 Å². The molecule has 0 heterocycles. The molecule has 0 radical (unpaired) electrons. The molecular weight excluding hydrogens is 262 g/mol. The van der Waals surface area contributed by atoms with E-state index >= 15 is 0 Å². The Kier molecular flexibility index (Phi) is 4.41. The van der Waals surface area contributed by atoms with Crippen LogP contribution in [0.25, 0.3) is 0 Å². The van der Waals surface area contributed by atoms with E-state index < -0.39 is 0 Å². The van der Waals surface area contributed by atoms with Gasteiger partial charge in [-0.3, -0.25) is 0 Å². The summed E-state index contributed by atoms with van der Waals surface area (Å²) in [6.45, 7) is 3.59. The minimum Gasteiger partial charge on any atom is -0.494 e. The van der Waals surface area contributed by atoms with Gasteiger partial charge in [0.1, 0.15) is 17.2 Å². The van der Waals surface area contributed by atoms with Crippen molar-refractivity contribution in [3.63, 3.8) is 0 Å². The molecule has 3 heteroatoms. The summed E-state index contributed by atoms with van der Waals surface area (Å²) in [6.07, 6.45) is 2.64. The van der Waals surface area contributed by atoms with Crippen LogP contribution < -0.4 is 14.8 Å². The summed E-state index contributed by atoms with van der Waals surface area (Å²) >= 11 is 0. The Morgan fingerprint density at radius 1 is 0.905 bits per heavy atom. The number of rotatable bonds is 7. The first-order valence-corrected chi connectivity index (χ1v) is 7.56. The molecule has 2 aromatic rings. The molecule has 21 heavy (non-hydrogen) atoms. The molecule has 3 nitrogen and oxygen atoms in total. The van der Waals surface area contributed by atoms with Crippen molar-refractivity contribution in [2.24, 2.45) is 0 Å². The molecule has 0 unspecified atom stereocenters. The highest BCUT2D eigenvalue weighted by molar-refractivity contribution is 5.36. The highest BCUT2D eigenvalue weighted by atomic mass is 16.5. The highest BCUT2D eigenvalue weighted by Gasteiger charge is 2.19. The van der Waals surface area contributed by atoms with Crippen LogP contribution in [0.4, 0.5) is 0 Å². The van der Waals surface area contributed by atoms with Crippen molar-refractivity contribution in [1.29, 1.82) is 0 Å². The summed E-state index contributed by atoms with van der Waals surface area (Å²) in [5.74, 6) is 2.54.